The first-order valence-corrected chi connectivity index (χ1v) is 7.78. The molecule has 0 N–H and O–H groups in total. The molecule has 24 heavy (non-hydrogen) atoms. The maximum absolute atomic E-state index is 12.9. The molecule has 2 heterocycles. The van der Waals surface area contributed by atoms with Crippen LogP contribution in [-0.4, -0.2) is 23.9 Å². The second kappa shape index (κ2) is 5.26. The predicted molar refractivity (Wildman–Crippen MR) is 89.8 cm³/mol. The van der Waals surface area contributed by atoms with Crippen LogP contribution in [0.1, 0.15) is 11.1 Å². The Hall–Kier alpha value is -3.02. The number of aryl methyl sites for hydroxylation is 2. The molecule has 0 radical (unpaired) electrons. The quantitative estimate of drug-likeness (QED) is 0.799. The molecule has 0 saturated carbocycles. The molecule has 2 aliphatic heterocycles. The normalized spacial score (nSPS) is 22.4. The van der Waals surface area contributed by atoms with Crippen LogP contribution in [0.3, 0.4) is 0 Å². The number of rotatable bonds is 2. The van der Waals surface area contributed by atoms with Gasteiger partial charge >= 0.3 is 0 Å². The van der Waals surface area contributed by atoms with Gasteiger partial charge in [0, 0.05) is 0 Å². The first-order valence-electron chi connectivity index (χ1n) is 7.78. The summed E-state index contributed by atoms with van der Waals surface area (Å²) in [5.41, 5.74) is 3.48. The third-order valence-electron chi connectivity index (χ3n) is 4.55. The van der Waals surface area contributed by atoms with E-state index in [9.17, 15) is 9.59 Å². The van der Waals surface area contributed by atoms with Crippen molar-refractivity contribution in [3.63, 3.8) is 0 Å². The Labute approximate surface area is 139 Å². The van der Waals surface area contributed by atoms with Crippen molar-refractivity contribution in [2.45, 2.75) is 25.9 Å². The van der Waals surface area contributed by atoms with Crippen LogP contribution in [0.25, 0.3) is 0 Å². The highest BCUT2D eigenvalue weighted by Gasteiger charge is 2.55. The van der Waals surface area contributed by atoms with E-state index in [0.29, 0.717) is 5.69 Å². The molecule has 2 aromatic carbocycles. The smallest absolute Gasteiger partial charge is 0.263 e. The van der Waals surface area contributed by atoms with Gasteiger partial charge in [0.05, 0.1) is 11.4 Å². The lowest BCUT2D eigenvalue weighted by Crippen LogP contribution is -2.39. The summed E-state index contributed by atoms with van der Waals surface area (Å²) in [7, 11) is 0. The van der Waals surface area contributed by atoms with Crippen molar-refractivity contribution in [2.24, 2.45) is 10.3 Å². The van der Waals surface area contributed by atoms with Crippen molar-refractivity contribution in [3.8, 4) is 0 Å². The van der Waals surface area contributed by atoms with E-state index in [1.54, 1.807) is 6.07 Å². The number of imide groups is 1. The van der Waals surface area contributed by atoms with Crippen LogP contribution < -0.4 is 9.91 Å². The molecular weight excluding hydrogens is 304 g/mol. The molecule has 2 amide bonds. The zero-order valence-corrected chi connectivity index (χ0v) is 13.4. The Morgan fingerprint density at radius 2 is 1.62 bits per heavy atom. The summed E-state index contributed by atoms with van der Waals surface area (Å²) in [4.78, 5) is 26.8. The molecule has 6 heteroatoms. The number of anilines is 2. The number of hydrogen-bond acceptors (Lipinski definition) is 5. The number of para-hydroxylation sites is 1. The molecule has 4 rings (SSSR count). The highest BCUT2D eigenvalue weighted by atomic mass is 16.2. The number of nitrogens with zero attached hydrogens (tertiary/aromatic N) is 4. The average molecular weight is 320 g/mol. The van der Waals surface area contributed by atoms with Crippen molar-refractivity contribution in [1.29, 1.82) is 0 Å². The molecule has 0 unspecified atom stereocenters. The fourth-order valence-electron chi connectivity index (χ4n) is 3.07. The summed E-state index contributed by atoms with van der Waals surface area (Å²) >= 11 is 0. The van der Waals surface area contributed by atoms with Crippen molar-refractivity contribution < 1.29 is 9.59 Å². The second-order valence-corrected chi connectivity index (χ2v) is 6.06. The fourth-order valence-corrected chi connectivity index (χ4v) is 3.07. The summed E-state index contributed by atoms with van der Waals surface area (Å²) in [6, 6.07) is 13.4. The number of benzene rings is 2. The number of carbonyl (C=O) groups is 2. The van der Waals surface area contributed by atoms with Gasteiger partial charge in [-0.1, -0.05) is 29.5 Å². The largest absolute Gasteiger partial charge is 0.271 e. The van der Waals surface area contributed by atoms with Crippen molar-refractivity contribution >= 4 is 23.2 Å². The van der Waals surface area contributed by atoms with Gasteiger partial charge < -0.3 is 0 Å². The summed E-state index contributed by atoms with van der Waals surface area (Å²) < 4.78 is 0. The van der Waals surface area contributed by atoms with Gasteiger partial charge in [-0.3, -0.25) is 9.59 Å². The Kier molecular flexibility index (Phi) is 3.19. The van der Waals surface area contributed by atoms with Gasteiger partial charge in [0.2, 0.25) is 0 Å². The third kappa shape index (κ3) is 2.03. The lowest BCUT2D eigenvalue weighted by molar-refractivity contribution is -0.121. The Morgan fingerprint density at radius 3 is 2.33 bits per heavy atom. The minimum atomic E-state index is -0.778. The van der Waals surface area contributed by atoms with Crippen LogP contribution in [0, 0.1) is 13.8 Å². The van der Waals surface area contributed by atoms with Gasteiger partial charge in [-0.15, -0.1) is 0 Å². The Balaban J connectivity index is 1.72. The van der Waals surface area contributed by atoms with E-state index in [0.717, 1.165) is 16.8 Å². The minimum Gasteiger partial charge on any atom is -0.271 e. The zero-order valence-electron chi connectivity index (χ0n) is 13.4. The van der Waals surface area contributed by atoms with Gasteiger partial charge in [-0.25, -0.2) is 9.91 Å². The van der Waals surface area contributed by atoms with E-state index in [2.05, 4.69) is 10.3 Å². The number of carbonyl (C=O) groups excluding carboxylic acids is 2. The standard InChI is InChI=1S/C18H16N4O2/c1-11-8-9-14(10-12(11)2)21-17(23)15-16(18(21)24)22(20-19-15)13-6-4-3-5-7-13/h3-10,15-16H,1-2H3/t15-,16+/m1/s1. The summed E-state index contributed by atoms with van der Waals surface area (Å²) in [6.07, 6.45) is 0. The number of hydrogen-bond donors (Lipinski definition) is 0. The van der Waals surface area contributed by atoms with Crippen LogP contribution in [0.15, 0.2) is 58.9 Å². The molecule has 0 aliphatic carbocycles. The van der Waals surface area contributed by atoms with Crippen LogP contribution in [-0.2, 0) is 9.59 Å². The van der Waals surface area contributed by atoms with Gasteiger partial charge in [-0.05, 0) is 49.2 Å². The van der Waals surface area contributed by atoms with Crippen molar-refractivity contribution in [3.05, 3.63) is 59.7 Å². The average Bonchev–Trinajstić information content (AvgIpc) is 3.12. The summed E-state index contributed by atoms with van der Waals surface area (Å²) in [6.45, 7) is 3.95. The van der Waals surface area contributed by atoms with E-state index < -0.39 is 12.1 Å². The molecular formula is C18H16N4O2. The molecule has 2 aliphatic rings. The lowest BCUT2D eigenvalue weighted by Gasteiger charge is -2.20. The fraction of sp³-hybridized carbons (Fsp3) is 0.222. The first kappa shape index (κ1) is 14.6. The molecule has 2 atom stereocenters. The maximum atomic E-state index is 12.9. The minimum absolute atomic E-state index is 0.290. The molecule has 0 bridgehead atoms. The Morgan fingerprint density at radius 1 is 0.875 bits per heavy atom. The van der Waals surface area contributed by atoms with Crippen LogP contribution >= 0.6 is 0 Å². The molecule has 0 aromatic heterocycles. The van der Waals surface area contributed by atoms with E-state index in [1.807, 2.05) is 56.3 Å². The van der Waals surface area contributed by atoms with E-state index >= 15 is 0 Å². The maximum Gasteiger partial charge on any atom is 0.263 e. The molecule has 2 aromatic rings. The summed E-state index contributed by atoms with van der Waals surface area (Å²) in [5.74, 6) is -0.613. The van der Waals surface area contributed by atoms with Crippen LogP contribution in [0.2, 0.25) is 0 Å². The predicted octanol–water partition coefficient (Wildman–Crippen LogP) is 2.80. The monoisotopic (exact) mass is 320 g/mol. The Bertz CT molecular complexity index is 863. The molecule has 120 valence electrons. The lowest BCUT2D eigenvalue weighted by atomic mass is 10.1. The van der Waals surface area contributed by atoms with Gasteiger partial charge in [0.15, 0.2) is 12.1 Å². The van der Waals surface area contributed by atoms with Crippen molar-refractivity contribution in [2.75, 3.05) is 9.91 Å². The van der Waals surface area contributed by atoms with Gasteiger partial charge in [-0.2, -0.15) is 5.11 Å². The molecule has 1 saturated heterocycles. The molecule has 0 spiro atoms. The van der Waals surface area contributed by atoms with E-state index in [1.165, 1.54) is 9.91 Å². The summed E-state index contributed by atoms with van der Waals surface area (Å²) in [5, 5.41) is 9.62. The number of amides is 2. The highest BCUT2D eigenvalue weighted by molar-refractivity contribution is 6.26. The second-order valence-electron chi connectivity index (χ2n) is 6.06. The SMILES string of the molecule is Cc1ccc(N2C(=O)[C@@H]3[C@@H](N=NN3c3ccccc3)C2=O)cc1C. The van der Waals surface area contributed by atoms with Crippen molar-refractivity contribution in [1.82, 2.24) is 0 Å². The number of fused-ring (bicyclic) bond motifs is 1. The topological polar surface area (TPSA) is 65.3 Å². The third-order valence-corrected chi connectivity index (χ3v) is 4.55. The van der Waals surface area contributed by atoms with E-state index in [-0.39, 0.29) is 11.8 Å². The first-order chi connectivity index (χ1) is 11.6. The van der Waals surface area contributed by atoms with E-state index in [4.69, 9.17) is 0 Å². The van der Waals surface area contributed by atoms with Crippen LogP contribution in [0.5, 0.6) is 0 Å². The van der Waals surface area contributed by atoms with Gasteiger partial charge in [0.25, 0.3) is 11.8 Å². The zero-order chi connectivity index (χ0) is 16.8. The highest BCUT2D eigenvalue weighted by Crippen LogP contribution is 2.35. The van der Waals surface area contributed by atoms with Gasteiger partial charge in [0.1, 0.15) is 0 Å². The molecule has 1 fully saturated rings. The van der Waals surface area contributed by atoms with Crippen LogP contribution in [0.4, 0.5) is 11.4 Å². The molecule has 6 nitrogen and oxygen atoms in total.